The first-order valence-electron chi connectivity index (χ1n) is 4.66. The molecular formula is C9H12ClN3O3. The van der Waals surface area contributed by atoms with E-state index < -0.39 is 4.92 Å². The molecule has 0 spiro atoms. The van der Waals surface area contributed by atoms with E-state index in [0.29, 0.717) is 5.69 Å². The Balaban J connectivity index is 3.33. The Bertz CT molecular complexity index is 398. The predicted octanol–water partition coefficient (Wildman–Crippen LogP) is 2.12. The van der Waals surface area contributed by atoms with Gasteiger partial charge in [0, 0.05) is 11.3 Å². The molecule has 0 aliphatic heterocycles. The zero-order chi connectivity index (χ0) is 12.3. The fourth-order valence-electron chi connectivity index (χ4n) is 1.25. The van der Waals surface area contributed by atoms with Crippen molar-refractivity contribution < 1.29 is 9.66 Å². The van der Waals surface area contributed by atoms with E-state index >= 15 is 0 Å². The van der Waals surface area contributed by atoms with Crippen LogP contribution in [0.1, 0.15) is 25.5 Å². The fraction of sp³-hybridized carbons (Fsp3) is 0.556. The van der Waals surface area contributed by atoms with E-state index in [-0.39, 0.29) is 22.9 Å². The number of aromatic nitrogens is 2. The molecule has 0 aromatic carbocycles. The third kappa shape index (κ3) is 2.38. The molecule has 88 valence electrons. The van der Waals surface area contributed by atoms with Gasteiger partial charge < -0.3 is 4.74 Å². The van der Waals surface area contributed by atoms with E-state index in [1.54, 1.807) is 13.8 Å². The maximum atomic E-state index is 10.9. The highest BCUT2D eigenvalue weighted by atomic mass is 35.5. The van der Waals surface area contributed by atoms with Crippen molar-refractivity contribution in [2.24, 2.45) is 0 Å². The lowest BCUT2D eigenvalue weighted by Gasteiger charge is -2.13. The van der Waals surface area contributed by atoms with Crippen molar-refractivity contribution in [3.05, 3.63) is 22.1 Å². The highest BCUT2D eigenvalue weighted by molar-refractivity contribution is 6.20. The van der Waals surface area contributed by atoms with Crippen LogP contribution in [0.3, 0.4) is 0 Å². The minimum atomic E-state index is -0.552. The lowest BCUT2D eigenvalue weighted by atomic mass is 10.0. The number of hydrogen-bond donors (Lipinski definition) is 0. The molecule has 0 N–H and O–H groups in total. The van der Waals surface area contributed by atoms with E-state index in [2.05, 4.69) is 9.97 Å². The number of halogens is 1. The average molecular weight is 246 g/mol. The third-order valence-corrected chi connectivity index (χ3v) is 2.69. The maximum Gasteiger partial charge on any atom is 0.352 e. The molecule has 16 heavy (non-hydrogen) atoms. The smallest absolute Gasteiger partial charge is 0.352 e. The Labute approximate surface area is 97.8 Å². The summed E-state index contributed by atoms with van der Waals surface area (Å²) in [6.07, 6.45) is 1.23. The average Bonchev–Trinajstić information content (AvgIpc) is 2.26. The molecule has 0 amide bonds. The van der Waals surface area contributed by atoms with Crippen LogP contribution in [0.15, 0.2) is 6.33 Å². The van der Waals surface area contributed by atoms with E-state index in [1.165, 1.54) is 13.4 Å². The molecule has 7 heteroatoms. The van der Waals surface area contributed by atoms with Crippen molar-refractivity contribution in [3.8, 4) is 5.88 Å². The lowest BCUT2D eigenvalue weighted by Crippen LogP contribution is -2.11. The van der Waals surface area contributed by atoms with Gasteiger partial charge in [0.15, 0.2) is 0 Å². The van der Waals surface area contributed by atoms with Gasteiger partial charge in [-0.3, -0.25) is 10.1 Å². The Hall–Kier alpha value is -1.43. The second kappa shape index (κ2) is 5.07. The van der Waals surface area contributed by atoms with Crippen LogP contribution < -0.4 is 4.74 Å². The van der Waals surface area contributed by atoms with Crippen LogP contribution in [0.5, 0.6) is 5.88 Å². The normalized spacial score (nSPS) is 14.2. The van der Waals surface area contributed by atoms with E-state index in [0.717, 1.165) is 0 Å². The number of nitro groups is 1. The van der Waals surface area contributed by atoms with E-state index in [4.69, 9.17) is 16.3 Å². The first-order valence-corrected chi connectivity index (χ1v) is 5.10. The summed E-state index contributed by atoms with van der Waals surface area (Å²) < 4.78 is 4.84. The largest absolute Gasteiger partial charge is 0.476 e. The number of ether oxygens (including phenoxy) is 1. The molecule has 0 saturated heterocycles. The van der Waals surface area contributed by atoms with E-state index in [1.807, 2.05) is 0 Å². The van der Waals surface area contributed by atoms with Gasteiger partial charge in [-0.15, -0.1) is 11.6 Å². The second-order valence-corrected chi connectivity index (χ2v) is 4.03. The van der Waals surface area contributed by atoms with Crippen LogP contribution in [0.25, 0.3) is 0 Å². The zero-order valence-corrected chi connectivity index (χ0v) is 9.93. The van der Waals surface area contributed by atoms with Crippen LogP contribution in [0.2, 0.25) is 0 Å². The van der Waals surface area contributed by atoms with Crippen molar-refractivity contribution in [1.29, 1.82) is 0 Å². The molecule has 0 fully saturated rings. The molecule has 2 unspecified atom stereocenters. The van der Waals surface area contributed by atoms with Gasteiger partial charge in [0.2, 0.25) is 0 Å². The van der Waals surface area contributed by atoms with Gasteiger partial charge in [0.1, 0.15) is 12.0 Å². The second-order valence-electron chi connectivity index (χ2n) is 3.34. The Morgan fingerprint density at radius 1 is 1.50 bits per heavy atom. The SMILES string of the molecule is COc1ncnc(C(C)C(C)Cl)c1[N+](=O)[O-]. The standard InChI is InChI=1S/C9H12ClN3O3/c1-5(6(2)10)7-8(13(14)15)9(16-3)12-4-11-7/h4-6H,1-3H3. The number of alkyl halides is 1. The minimum Gasteiger partial charge on any atom is -0.476 e. The van der Waals surface area contributed by atoms with Crippen molar-refractivity contribution in [2.45, 2.75) is 25.1 Å². The summed E-state index contributed by atoms with van der Waals surface area (Å²) in [6.45, 7) is 3.52. The van der Waals surface area contributed by atoms with Gasteiger partial charge >= 0.3 is 5.69 Å². The number of methoxy groups -OCH3 is 1. The molecule has 2 atom stereocenters. The first-order chi connectivity index (χ1) is 7.49. The quantitative estimate of drug-likeness (QED) is 0.461. The highest BCUT2D eigenvalue weighted by Gasteiger charge is 2.29. The molecule has 0 radical (unpaired) electrons. The number of hydrogen-bond acceptors (Lipinski definition) is 5. The number of nitrogens with zero attached hydrogens (tertiary/aromatic N) is 3. The molecular weight excluding hydrogens is 234 g/mol. The fourth-order valence-corrected chi connectivity index (χ4v) is 1.37. The molecule has 1 rings (SSSR count). The number of rotatable bonds is 4. The lowest BCUT2D eigenvalue weighted by molar-refractivity contribution is -0.387. The van der Waals surface area contributed by atoms with Gasteiger partial charge in [-0.05, 0) is 6.92 Å². The predicted molar refractivity (Wildman–Crippen MR) is 59.0 cm³/mol. The summed E-state index contributed by atoms with van der Waals surface area (Å²) in [5, 5.41) is 10.7. The van der Waals surface area contributed by atoms with Crippen LogP contribution in [-0.2, 0) is 0 Å². The van der Waals surface area contributed by atoms with Crippen molar-refractivity contribution in [1.82, 2.24) is 9.97 Å². The van der Waals surface area contributed by atoms with Gasteiger partial charge in [-0.2, -0.15) is 4.98 Å². The molecule has 0 bridgehead atoms. The van der Waals surface area contributed by atoms with Crippen LogP contribution in [-0.4, -0.2) is 27.4 Å². The van der Waals surface area contributed by atoms with E-state index in [9.17, 15) is 10.1 Å². The van der Waals surface area contributed by atoms with Crippen LogP contribution in [0.4, 0.5) is 5.69 Å². The monoisotopic (exact) mass is 245 g/mol. The van der Waals surface area contributed by atoms with Gasteiger partial charge in [0.05, 0.1) is 12.0 Å². The summed E-state index contributed by atoms with van der Waals surface area (Å²) >= 11 is 5.91. The zero-order valence-electron chi connectivity index (χ0n) is 9.18. The molecule has 1 aromatic heterocycles. The van der Waals surface area contributed by atoms with Gasteiger partial charge in [-0.1, -0.05) is 6.92 Å². The Kier molecular flexibility index (Phi) is 4.00. The van der Waals surface area contributed by atoms with Crippen molar-refractivity contribution in [2.75, 3.05) is 7.11 Å². The molecule has 1 heterocycles. The Morgan fingerprint density at radius 2 is 2.12 bits per heavy atom. The molecule has 6 nitrogen and oxygen atoms in total. The van der Waals surface area contributed by atoms with Crippen molar-refractivity contribution >= 4 is 17.3 Å². The summed E-state index contributed by atoms with van der Waals surface area (Å²) in [4.78, 5) is 18.0. The molecule has 0 aliphatic rings. The highest BCUT2D eigenvalue weighted by Crippen LogP contribution is 2.34. The summed E-state index contributed by atoms with van der Waals surface area (Å²) in [5.41, 5.74) is 0.0735. The van der Waals surface area contributed by atoms with Crippen molar-refractivity contribution in [3.63, 3.8) is 0 Å². The molecule has 0 aliphatic carbocycles. The summed E-state index contributed by atoms with van der Waals surface area (Å²) in [6, 6.07) is 0. The topological polar surface area (TPSA) is 78.2 Å². The molecule has 0 saturated carbocycles. The van der Waals surface area contributed by atoms with Crippen LogP contribution >= 0.6 is 11.6 Å². The van der Waals surface area contributed by atoms with Gasteiger partial charge in [-0.25, -0.2) is 4.98 Å². The molecule has 1 aromatic rings. The third-order valence-electron chi connectivity index (χ3n) is 2.31. The van der Waals surface area contributed by atoms with Crippen LogP contribution in [0, 0.1) is 10.1 Å². The maximum absolute atomic E-state index is 10.9. The minimum absolute atomic E-state index is 0.0424. The Morgan fingerprint density at radius 3 is 2.56 bits per heavy atom. The van der Waals surface area contributed by atoms with Gasteiger partial charge in [0.25, 0.3) is 5.88 Å². The first kappa shape index (κ1) is 12.6. The summed E-state index contributed by atoms with van der Waals surface area (Å²) in [5.74, 6) is -0.293. The summed E-state index contributed by atoms with van der Waals surface area (Å²) in [7, 11) is 1.33.